The van der Waals surface area contributed by atoms with E-state index in [1.54, 1.807) is 48.5 Å². The van der Waals surface area contributed by atoms with Gasteiger partial charge in [0.15, 0.2) is 0 Å². The molecule has 3 rings (SSSR count). The molecule has 3 aromatic rings. The number of primary amides is 1. The number of carbonyl (C=O) groups excluding carboxylic acids is 2. The van der Waals surface area contributed by atoms with Gasteiger partial charge in [0.1, 0.15) is 0 Å². The first kappa shape index (κ1) is 15.3. The van der Waals surface area contributed by atoms with Crippen molar-refractivity contribution in [1.29, 1.82) is 0 Å². The molecule has 7 nitrogen and oxygen atoms in total. The average Bonchev–Trinajstić information content (AvgIpc) is 2.53. The number of H-pyrrole nitrogens is 1. The van der Waals surface area contributed by atoms with E-state index in [2.05, 4.69) is 15.6 Å². The molecule has 1 heterocycles. The molecule has 24 heavy (non-hydrogen) atoms. The zero-order valence-electron chi connectivity index (χ0n) is 12.5. The Labute approximate surface area is 136 Å². The Morgan fingerprint density at radius 1 is 0.917 bits per heavy atom. The van der Waals surface area contributed by atoms with E-state index >= 15 is 0 Å². The summed E-state index contributed by atoms with van der Waals surface area (Å²) in [6.45, 7) is 0. The van der Waals surface area contributed by atoms with Gasteiger partial charge in [-0.1, -0.05) is 24.3 Å². The first-order chi connectivity index (χ1) is 11.5. The van der Waals surface area contributed by atoms with E-state index < -0.39 is 11.9 Å². The first-order valence-electron chi connectivity index (χ1n) is 7.13. The molecule has 7 heteroatoms. The molecule has 0 saturated carbocycles. The van der Waals surface area contributed by atoms with Crippen LogP contribution in [-0.2, 0) is 0 Å². The third-order valence-corrected chi connectivity index (χ3v) is 3.38. The quantitative estimate of drug-likeness (QED) is 0.592. The van der Waals surface area contributed by atoms with E-state index in [0.717, 1.165) is 0 Å². The lowest BCUT2D eigenvalue weighted by Gasteiger charge is -2.09. The SMILES string of the molecule is NC(=O)Nc1cccc(NC(=O)c2cc(=O)[nH]c3ccccc23)c1. The highest BCUT2D eigenvalue weighted by Crippen LogP contribution is 2.19. The monoisotopic (exact) mass is 322 g/mol. The third kappa shape index (κ3) is 3.25. The van der Waals surface area contributed by atoms with Crippen LogP contribution in [0.25, 0.3) is 10.9 Å². The summed E-state index contributed by atoms with van der Waals surface area (Å²) in [6, 6.07) is 14.1. The fourth-order valence-corrected chi connectivity index (χ4v) is 2.41. The number of benzene rings is 2. The highest BCUT2D eigenvalue weighted by atomic mass is 16.2. The average molecular weight is 322 g/mol. The lowest BCUT2D eigenvalue weighted by molar-refractivity contribution is 0.102. The number of carbonyl (C=O) groups is 2. The Morgan fingerprint density at radius 3 is 2.38 bits per heavy atom. The number of para-hydroxylation sites is 1. The van der Waals surface area contributed by atoms with E-state index in [-0.39, 0.29) is 11.1 Å². The van der Waals surface area contributed by atoms with Gasteiger partial charge >= 0.3 is 6.03 Å². The molecule has 0 aliphatic carbocycles. The van der Waals surface area contributed by atoms with Gasteiger partial charge in [-0.05, 0) is 24.3 Å². The zero-order chi connectivity index (χ0) is 17.1. The van der Waals surface area contributed by atoms with E-state index in [4.69, 9.17) is 5.73 Å². The smallest absolute Gasteiger partial charge is 0.316 e. The Bertz CT molecular complexity index is 994. The van der Waals surface area contributed by atoms with Crippen LogP contribution in [0.5, 0.6) is 0 Å². The number of amides is 3. The molecule has 0 aliphatic heterocycles. The largest absolute Gasteiger partial charge is 0.351 e. The normalized spacial score (nSPS) is 10.3. The van der Waals surface area contributed by atoms with Crippen molar-refractivity contribution in [2.24, 2.45) is 5.73 Å². The zero-order valence-corrected chi connectivity index (χ0v) is 12.5. The maximum Gasteiger partial charge on any atom is 0.316 e. The number of nitrogens with two attached hydrogens (primary N) is 1. The van der Waals surface area contributed by atoms with Crippen LogP contribution in [0.1, 0.15) is 10.4 Å². The van der Waals surface area contributed by atoms with E-state index in [0.29, 0.717) is 22.3 Å². The number of anilines is 2. The molecule has 0 spiro atoms. The number of hydrogen-bond acceptors (Lipinski definition) is 3. The van der Waals surface area contributed by atoms with Gasteiger partial charge in [0, 0.05) is 28.3 Å². The summed E-state index contributed by atoms with van der Waals surface area (Å²) in [4.78, 5) is 37.9. The van der Waals surface area contributed by atoms with Crippen LogP contribution in [0.4, 0.5) is 16.2 Å². The number of aromatic amines is 1. The van der Waals surface area contributed by atoms with Crippen LogP contribution in [-0.4, -0.2) is 16.9 Å². The highest BCUT2D eigenvalue weighted by molar-refractivity contribution is 6.12. The molecule has 0 saturated heterocycles. The molecule has 120 valence electrons. The van der Waals surface area contributed by atoms with Gasteiger partial charge in [-0.3, -0.25) is 9.59 Å². The number of urea groups is 1. The molecule has 0 atom stereocenters. The van der Waals surface area contributed by atoms with Crippen LogP contribution in [0, 0.1) is 0 Å². The van der Waals surface area contributed by atoms with Crippen LogP contribution in [0.3, 0.4) is 0 Å². The fourth-order valence-electron chi connectivity index (χ4n) is 2.41. The fraction of sp³-hybridized carbons (Fsp3) is 0. The van der Waals surface area contributed by atoms with Crippen molar-refractivity contribution >= 4 is 34.2 Å². The number of pyridine rings is 1. The summed E-state index contributed by atoms with van der Waals surface area (Å²) in [5.74, 6) is -0.423. The Balaban J connectivity index is 1.93. The maximum absolute atomic E-state index is 12.5. The molecular formula is C17H14N4O3. The van der Waals surface area contributed by atoms with Gasteiger partial charge in [0.25, 0.3) is 5.91 Å². The second kappa shape index (κ2) is 6.25. The van der Waals surface area contributed by atoms with Crippen LogP contribution < -0.4 is 21.9 Å². The second-order valence-electron chi connectivity index (χ2n) is 5.12. The summed E-state index contributed by atoms with van der Waals surface area (Å²) in [5.41, 5.74) is 6.48. The van der Waals surface area contributed by atoms with Crippen molar-refractivity contribution in [3.8, 4) is 0 Å². The molecule has 5 N–H and O–H groups in total. The van der Waals surface area contributed by atoms with Gasteiger partial charge in [0.2, 0.25) is 5.56 Å². The number of rotatable bonds is 3. The number of hydrogen-bond donors (Lipinski definition) is 4. The first-order valence-corrected chi connectivity index (χ1v) is 7.13. The van der Waals surface area contributed by atoms with Gasteiger partial charge < -0.3 is 21.4 Å². The van der Waals surface area contributed by atoms with E-state index in [1.165, 1.54) is 6.07 Å². The molecule has 0 radical (unpaired) electrons. The summed E-state index contributed by atoms with van der Waals surface area (Å²) in [6.07, 6.45) is 0. The summed E-state index contributed by atoms with van der Waals surface area (Å²) in [7, 11) is 0. The second-order valence-corrected chi connectivity index (χ2v) is 5.12. The third-order valence-electron chi connectivity index (χ3n) is 3.38. The molecule has 0 unspecified atom stereocenters. The van der Waals surface area contributed by atoms with Crippen molar-refractivity contribution in [2.45, 2.75) is 0 Å². The van der Waals surface area contributed by atoms with Crippen LogP contribution in [0.15, 0.2) is 59.4 Å². The van der Waals surface area contributed by atoms with E-state index in [1.807, 2.05) is 0 Å². The Morgan fingerprint density at radius 2 is 1.62 bits per heavy atom. The number of fused-ring (bicyclic) bond motifs is 1. The van der Waals surface area contributed by atoms with Gasteiger partial charge in [0.05, 0.1) is 5.56 Å². The molecule has 2 aromatic carbocycles. The predicted octanol–water partition coefficient (Wildman–Crippen LogP) is 2.27. The van der Waals surface area contributed by atoms with E-state index in [9.17, 15) is 14.4 Å². The lowest BCUT2D eigenvalue weighted by Crippen LogP contribution is -2.20. The molecular weight excluding hydrogens is 308 g/mol. The molecule has 3 amide bonds. The maximum atomic E-state index is 12.5. The van der Waals surface area contributed by atoms with Gasteiger partial charge in [-0.15, -0.1) is 0 Å². The minimum absolute atomic E-state index is 0.266. The molecule has 0 aliphatic rings. The van der Waals surface area contributed by atoms with Gasteiger partial charge in [-0.25, -0.2) is 4.79 Å². The number of nitrogens with one attached hydrogen (secondary N) is 3. The summed E-state index contributed by atoms with van der Waals surface area (Å²) < 4.78 is 0. The van der Waals surface area contributed by atoms with Crippen molar-refractivity contribution in [3.05, 3.63) is 70.5 Å². The molecule has 1 aromatic heterocycles. The topological polar surface area (TPSA) is 117 Å². The molecule has 0 bridgehead atoms. The van der Waals surface area contributed by atoms with Crippen LogP contribution in [0.2, 0.25) is 0 Å². The standard InChI is InChI=1S/C17H14N4O3/c18-17(24)20-11-5-3-4-10(8-11)19-16(23)13-9-15(22)21-14-7-2-1-6-12(13)14/h1-9H,(H,19,23)(H,21,22)(H3,18,20,24). The van der Waals surface area contributed by atoms with Gasteiger partial charge in [-0.2, -0.15) is 0 Å². The van der Waals surface area contributed by atoms with Crippen LogP contribution >= 0.6 is 0 Å². The minimum atomic E-state index is -0.695. The molecule has 0 fully saturated rings. The lowest BCUT2D eigenvalue weighted by atomic mass is 10.1. The number of aromatic nitrogens is 1. The van der Waals surface area contributed by atoms with Crippen molar-refractivity contribution in [3.63, 3.8) is 0 Å². The predicted molar refractivity (Wildman–Crippen MR) is 92.2 cm³/mol. The summed E-state index contributed by atoms with van der Waals surface area (Å²) >= 11 is 0. The van der Waals surface area contributed by atoms with Crippen molar-refractivity contribution < 1.29 is 9.59 Å². The van der Waals surface area contributed by atoms with Crippen molar-refractivity contribution in [1.82, 2.24) is 4.98 Å². The highest BCUT2D eigenvalue weighted by Gasteiger charge is 2.12. The Hall–Kier alpha value is -3.61. The summed E-state index contributed by atoms with van der Waals surface area (Å²) in [5, 5.41) is 5.78. The Kier molecular flexibility index (Phi) is 3.98. The minimum Gasteiger partial charge on any atom is -0.351 e. The van der Waals surface area contributed by atoms with Crippen molar-refractivity contribution in [2.75, 3.05) is 10.6 Å².